The van der Waals surface area contributed by atoms with Crippen molar-refractivity contribution < 1.29 is 4.52 Å². The van der Waals surface area contributed by atoms with E-state index in [9.17, 15) is 0 Å². The molecule has 0 fully saturated rings. The predicted octanol–water partition coefficient (Wildman–Crippen LogP) is 4.78. The number of nitrogens with two attached hydrogens (primary N) is 1. The summed E-state index contributed by atoms with van der Waals surface area (Å²) in [6.45, 7) is 4.36. The van der Waals surface area contributed by atoms with Gasteiger partial charge in [-0.05, 0) is 22.9 Å². The molecule has 0 aliphatic rings. The van der Waals surface area contributed by atoms with Gasteiger partial charge in [0.1, 0.15) is 5.69 Å². The Balaban J connectivity index is 2.07. The molecule has 0 saturated carbocycles. The van der Waals surface area contributed by atoms with Crippen LogP contribution in [0.25, 0.3) is 21.7 Å². The normalized spacial score (nSPS) is 11.2. The molecule has 0 atom stereocenters. The second-order valence-corrected chi connectivity index (χ2v) is 5.97. The molecule has 2 N–H and O–H groups in total. The lowest BCUT2D eigenvalue weighted by Crippen LogP contribution is -1.88. The molecular formula is C16H16N2OS. The van der Waals surface area contributed by atoms with Crippen molar-refractivity contribution in [3.8, 4) is 21.7 Å². The van der Waals surface area contributed by atoms with Gasteiger partial charge < -0.3 is 10.3 Å². The Hall–Kier alpha value is -2.07. The van der Waals surface area contributed by atoms with E-state index in [1.807, 2.05) is 17.5 Å². The van der Waals surface area contributed by atoms with E-state index in [0.29, 0.717) is 11.8 Å². The minimum Gasteiger partial charge on any atom is -0.367 e. The van der Waals surface area contributed by atoms with Crippen LogP contribution in [0.5, 0.6) is 0 Å². The van der Waals surface area contributed by atoms with Crippen LogP contribution in [0, 0.1) is 0 Å². The summed E-state index contributed by atoms with van der Waals surface area (Å²) < 4.78 is 5.19. The molecule has 102 valence electrons. The Kier molecular flexibility index (Phi) is 3.32. The van der Waals surface area contributed by atoms with Crippen LogP contribution in [0.1, 0.15) is 25.3 Å². The van der Waals surface area contributed by atoms with Crippen LogP contribution in [0.2, 0.25) is 0 Å². The zero-order chi connectivity index (χ0) is 14.1. The summed E-state index contributed by atoms with van der Waals surface area (Å²) in [5.41, 5.74) is 9.95. The molecule has 2 heterocycles. The number of nitrogens with zero attached hydrogens (tertiary/aromatic N) is 1. The van der Waals surface area contributed by atoms with Crippen molar-refractivity contribution in [2.24, 2.45) is 0 Å². The second kappa shape index (κ2) is 5.13. The summed E-state index contributed by atoms with van der Waals surface area (Å²) in [4.78, 5) is 1.08. The van der Waals surface area contributed by atoms with E-state index in [2.05, 4.69) is 43.3 Å². The molecule has 0 aliphatic carbocycles. The fourth-order valence-electron chi connectivity index (χ4n) is 2.18. The smallest absolute Gasteiger partial charge is 0.231 e. The summed E-state index contributed by atoms with van der Waals surface area (Å²) in [5, 5.41) is 6.14. The van der Waals surface area contributed by atoms with Crippen molar-refractivity contribution in [1.29, 1.82) is 0 Å². The third-order valence-corrected chi connectivity index (χ3v) is 4.22. The predicted molar refractivity (Wildman–Crippen MR) is 83.8 cm³/mol. The number of benzene rings is 1. The first kappa shape index (κ1) is 12.9. The van der Waals surface area contributed by atoms with Gasteiger partial charge in [-0.2, -0.15) is 0 Å². The van der Waals surface area contributed by atoms with Gasteiger partial charge in [0.2, 0.25) is 5.88 Å². The third kappa shape index (κ3) is 2.23. The quantitative estimate of drug-likeness (QED) is 0.753. The molecule has 2 aromatic heterocycles. The Morgan fingerprint density at radius 3 is 2.50 bits per heavy atom. The summed E-state index contributed by atoms with van der Waals surface area (Å²) in [6.07, 6.45) is 0. The molecule has 0 radical (unpaired) electrons. The third-order valence-electron chi connectivity index (χ3n) is 3.34. The first-order valence-electron chi connectivity index (χ1n) is 6.56. The molecule has 0 bridgehead atoms. The van der Waals surface area contributed by atoms with Crippen molar-refractivity contribution in [3.05, 3.63) is 47.3 Å². The highest BCUT2D eigenvalue weighted by Gasteiger charge is 2.18. The molecular weight excluding hydrogens is 268 g/mol. The fraction of sp³-hybridized carbons (Fsp3) is 0.188. The van der Waals surface area contributed by atoms with Gasteiger partial charge in [-0.3, -0.25) is 0 Å². The van der Waals surface area contributed by atoms with Crippen molar-refractivity contribution in [2.45, 2.75) is 19.8 Å². The minimum absolute atomic E-state index is 0.371. The number of hydrogen-bond donors (Lipinski definition) is 1. The summed E-state index contributed by atoms with van der Waals surface area (Å²) in [7, 11) is 0. The average molecular weight is 284 g/mol. The van der Waals surface area contributed by atoms with Crippen LogP contribution < -0.4 is 5.73 Å². The van der Waals surface area contributed by atoms with Crippen molar-refractivity contribution >= 4 is 17.2 Å². The first-order chi connectivity index (χ1) is 9.66. The molecule has 0 spiro atoms. The van der Waals surface area contributed by atoms with E-state index < -0.39 is 0 Å². The monoisotopic (exact) mass is 284 g/mol. The topological polar surface area (TPSA) is 52.0 Å². The lowest BCUT2D eigenvalue weighted by Gasteiger charge is -2.06. The molecule has 0 unspecified atom stereocenters. The van der Waals surface area contributed by atoms with E-state index in [0.717, 1.165) is 21.7 Å². The number of aromatic nitrogens is 1. The molecule has 3 rings (SSSR count). The van der Waals surface area contributed by atoms with Crippen LogP contribution in [-0.4, -0.2) is 5.16 Å². The highest BCUT2D eigenvalue weighted by Crippen LogP contribution is 2.38. The van der Waals surface area contributed by atoms with Gasteiger partial charge in [0, 0.05) is 10.4 Å². The molecule has 0 aliphatic heterocycles. The van der Waals surface area contributed by atoms with E-state index in [1.54, 1.807) is 11.3 Å². The van der Waals surface area contributed by atoms with E-state index >= 15 is 0 Å². The first-order valence-corrected chi connectivity index (χ1v) is 7.44. The molecule has 0 saturated heterocycles. The summed E-state index contributed by atoms with van der Waals surface area (Å²) in [6, 6.07) is 12.4. The Morgan fingerprint density at radius 1 is 1.15 bits per heavy atom. The fourth-order valence-corrected chi connectivity index (χ4v) is 2.96. The van der Waals surface area contributed by atoms with Gasteiger partial charge in [0.05, 0.1) is 5.56 Å². The van der Waals surface area contributed by atoms with Gasteiger partial charge in [0.15, 0.2) is 0 Å². The van der Waals surface area contributed by atoms with Gasteiger partial charge in [-0.1, -0.05) is 49.3 Å². The van der Waals surface area contributed by atoms with Gasteiger partial charge in [0.25, 0.3) is 0 Å². The van der Waals surface area contributed by atoms with Crippen molar-refractivity contribution in [1.82, 2.24) is 5.16 Å². The molecule has 4 heteroatoms. The van der Waals surface area contributed by atoms with E-state index in [-0.39, 0.29) is 0 Å². The van der Waals surface area contributed by atoms with E-state index in [1.165, 1.54) is 5.56 Å². The van der Waals surface area contributed by atoms with Crippen molar-refractivity contribution in [3.63, 3.8) is 0 Å². The number of thiophene rings is 1. The molecule has 3 nitrogen and oxygen atoms in total. The van der Waals surface area contributed by atoms with Crippen molar-refractivity contribution in [2.75, 3.05) is 5.73 Å². The number of nitrogen functional groups attached to an aromatic ring is 1. The maximum absolute atomic E-state index is 5.93. The van der Waals surface area contributed by atoms with Gasteiger partial charge in [-0.25, -0.2) is 0 Å². The van der Waals surface area contributed by atoms with Gasteiger partial charge >= 0.3 is 0 Å². The maximum atomic E-state index is 5.93. The highest BCUT2D eigenvalue weighted by atomic mass is 32.1. The standard InChI is InChI=1S/C16H16N2OS/c1-10(2)11-5-7-12(8-6-11)15-14(16(17)19-18-15)13-4-3-9-20-13/h3-10H,17H2,1-2H3. The average Bonchev–Trinajstić information content (AvgIpc) is 3.07. The molecule has 3 aromatic rings. The molecule has 1 aromatic carbocycles. The SMILES string of the molecule is CC(C)c1ccc(-c2noc(N)c2-c2cccs2)cc1. The second-order valence-electron chi connectivity index (χ2n) is 5.02. The summed E-state index contributed by atoms with van der Waals surface area (Å²) >= 11 is 1.63. The molecule has 0 amide bonds. The van der Waals surface area contributed by atoms with Crippen LogP contribution in [0.3, 0.4) is 0 Å². The van der Waals surface area contributed by atoms with Gasteiger partial charge in [-0.15, -0.1) is 11.3 Å². The number of rotatable bonds is 3. The highest BCUT2D eigenvalue weighted by molar-refractivity contribution is 7.13. The minimum atomic E-state index is 0.371. The zero-order valence-corrected chi connectivity index (χ0v) is 12.3. The molecule has 20 heavy (non-hydrogen) atoms. The van der Waals surface area contributed by atoms with Crippen LogP contribution >= 0.6 is 11.3 Å². The summed E-state index contributed by atoms with van der Waals surface area (Å²) in [5.74, 6) is 0.888. The largest absolute Gasteiger partial charge is 0.367 e. The maximum Gasteiger partial charge on any atom is 0.231 e. The lowest BCUT2D eigenvalue weighted by atomic mass is 9.99. The number of hydrogen-bond acceptors (Lipinski definition) is 4. The number of anilines is 1. The van der Waals surface area contributed by atoms with Crippen LogP contribution in [0.4, 0.5) is 5.88 Å². The van der Waals surface area contributed by atoms with Crippen LogP contribution in [-0.2, 0) is 0 Å². The Morgan fingerprint density at radius 2 is 1.90 bits per heavy atom. The lowest BCUT2D eigenvalue weighted by molar-refractivity contribution is 0.439. The Labute approximate surface area is 122 Å². The van der Waals surface area contributed by atoms with E-state index in [4.69, 9.17) is 10.3 Å². The Bertz CT molecular complexity index is 697. The zero-order valence-electron chi connectivity index (χ0n) is 11.5. The van der Waals surface area contributed by atoms with Crippen LogP contribution in [0.15, 0.2) is 46.3 Å².